The molecule has 26 heavy (non-hydrogen) atoms. The van der Waals surface area contributed by atoms with Crippen molar-refractivity contribution in [1.29, 1.82) is 0 Å². The van der Waals surface area contributed by atoms with Gasteiger partial charge in [0.1, 0.15) is 17.0 Å². The predicted octanol–water partition coefficient (Wildman–Crippen LogP) is 3.51. The van der Waals surface area contributed by atoms with Crippen molar-refractivity contribution in [3.8, 4) is 5.75 Å². The Labute approximate surface area is 152 Å². The fraction of sp³-hybridized carbons (Fsp3) is 0.300. The van der Waals surface area contributed by atoms with E-state index >= 15 is 0 Å². The lowest BCUT2D eigenvalue weighted by atomic mass is 9.90. The van der Waals surface area contributed by atoms with Gasteiger partial charge in [-0.2, -0.15) is 0 Å². The molecule has 2 aromatic rings. The van der Waals surface area contributed by atoms with Gasteiger partial charge in [0, 0.05) is 17.8 Å². The van der Waals surface area contributed by atoms with Crippen molar-refractivity contribution in [3.63, 3.8) is 0 Å². The molecule has 6 heteroatoms. The van der Waals surface area contributed by atoms with E-state index in [9.17, 15) is 14.0 Å². The van der Waals surface area contributed by atoms with Crippen LogP contribution in [0.2, 0.25) is 0 Å². The molecule has 0 spiro atoms. The second kappa shape index (κ2) is 8.47. The lowest BCUT2D eigenvalue weighted by molar-refractivity contribution is -0.138. The van der Waals surface area contributed by atoms with E-state index in [2.05, 4.69) is 10.6 Å². The van der Waals surface area contributed by atoms with E-state index in [-0.39, 0.29) is 6.54 Å². The molecule has 0 aromatic heterocycles. The second-order valence-corrected chi connectivity index (χ2v) is 6.31. The summed E-state index contributed by atoms with van der Waals surface area (Å²) in [5, 5.41) is 5.33. The molecule has 5 nitrogen and oxygen atoms in total. The predicted molar refractivity (Wildman–Crippen MR) is 98.3 cm³/mol. The molecule has 0 fully saturated rings. The Morgan fingerprint density at radius 2 is 1.69 bits per heavy atom. The van der Waals surface area contributed by atoms with Crippen LogP contribution in [0.4, 0.5) is 10.1 Å². The van der Waals surface area contributed by atoms with Gasteiger partial charge in [-0.3, -0.25) is 9.59 Å². The normalized spacial score (nSPS) is 10.9. The lowest BCUT2D eigenvalue weighted by Gasteiger charge is -2.23. The Bertz CT molecular complexity index is 773. The molecule has 138 valence electrons. The average Bonchev–Trinajstić information content (AvgIpc) is 2.62. The van der Waals surface area contributed by atoms with Crippen LogP contribution in [0.5, 0.6) is 5.75 Å². The van der Waals surface area contributed by atoms with E-state index in [1.54, 1.807) is 42.5 Å². The van der Waals surface area contributed by atoms with E-state index in [0.29, 0.717) is 23.6 Å². The van der Waals surface area contributed by atoms with Crippen LogP contribution in [0.1, 0.15) is 26.3 Å². The molecule has 0 aliphatic heterocycles. The van der Waals surface area contributed by atoms with E-state index in [0.717, 1.165) is 0 Å². The molecule has 0 unspecified atom stereocenters. The van der Waals surface area contributed by atoms with Gasteiger partial charge in [-0.15, -0.1) is 0 Å². The summed E-state index contributed by atoms with van der Waals surface area (Å²) in [6.45, 7) is 5.51. The van der Waals surface area contributed by atoms with Crippen LogP contribution in [0.15, 0.2) is 48.5 Å². The summed E-state index contributed by atoms with van der Waals surface area (Å²) in [4.78, 5) is 24.9. The number of rotatable bonds is 7. The van der Waals surface area contributed by atoms with Crippen molar-refractivity contribution in [2.24, 2.45) is 5.41 Å². The molecule has 2 amide bonds. The van der Waals surface area contributed by atoms with Crippen LogP contribution < -0.4 is 15.4 Å². The minimum atomic E-state index is -1.32. The average molecular weight is 358 g/mol. The molecule has 0 saturated heterocycles. The molecule has 2 N–H and O–H groups in total. The van der Waals surface area contributed by atoms with Gasteiger partial charge in [0.2, 0.25) is 11.8 Å². The van der Waals surface area contributed by atoms with E-state index in [1.165, 1.54) is 19.9 Å². The number of nitrogens with one attached hydrogen (secondary N) is 2. The van der Waals surface area contributed by atoms with Gasteiger partial charge < -0.3 is 15.4 Å². The van der Waals surface area contributed by atoms with Gasteiger partial charge in [0.25, 0.3) is 0 Å². The summed E-state index contributed by atoms with van der Waals surface area (Å²) in [5.74, 6) is -0.631. The maximum atomic E-state index is 13.6. The first kappa shape index (κ1) is 19.4. The highest BCUT2D eigenvalue weighted by Crippen LogP contribution is 2.21. The summed E-state index contributed by atoms with van der Waals surface area (Å²) in [6.07, 6.45) is 0. The highest BCUT2D eigenvalue weighted by Gasteiger charge is 2.36. The molecule has 0 heterocycles. The van der Waals surface area contributed by atoms with Crippen molar-refractivity contribution >= 4 is 17.5 Å². The maximum absolute atomic E-state index is 13.6. The van der Waals surface area contributed by atoms with Crippen LogP contribution in [-0.4, -0.2) is 18.4 Å². The van der Waals surface area contributed by atoms with Crippen molar-refractivity contribution in [2.45, 2.75) is 27.3 Å². The van der Waals surface area contributed by atoms with E-state index in [1.807, 2.05) is 6.92 Å². The summed E-state index contributed by atoms with van der Waals surface area (Å²) >= 11 is 0. The minimum absolute atomic E-state index is 0.0191. The molecular weight excluding hydrogens is 335 g/mol. The smallest absolute Gasteiger partial charge is 0.239 e. The molecular formula is C20H23FN2O3. The summed E-state index contributed by atoms with van der Waals surface area (Å²) < 4.78 is 19.0. The van der Waals surface area contributed by atoms with E-state index in [4.69, 9.17) is 4.74 Å². The number of benzene rings is 2. The molecule has 0 radical (unpaired) electrons. The number of amides is 2. The molecule has 0 aliphatic carbocycles. The molecule has 0 saturated carbocycles. The number of ether oxygens (including phenoxy) is 1. The number of halogens is 1. The third-order valence-electron chi connectivity index (χ3n) is 3.96. The van der Waals surface area contributed by atoms with Gasteiger partial charge in [0.15, 0.2) is 0 Å². The largest absolute Gasteiger partial charge is 0.494 e. The first-order chi connectivity index (χ1) is 12.3. The van der Waals surface area contributed by atoms with Crippen molar-refractivity contribution in [3.05, 3.63) is 59.9 Å². The monoisotopic (exact) mass is 358 g/mol. The lowest BCUT2D eigenvalue weighted by Crippen LogP contribution is -2.44. The summed E-state index contributed by atoms with van der Waals surface area (Å²) in [5.41, 5.74) is -0.388. The zero-order chi connectivity index (χ0) is 19.2. The zero-order valence-corrected chi connectivity index (χ0v) is 15.1. The van der Waals surface area contributed by atoms with Crippen LogP contribution >= 0.6 is 0 Å². The molecule has 2 rings (SSSR count). The number of hydrogen-bond acceptors (Lipinski definition) is 3. The quantitative estimate of drug-likeness (QED) is 0.745. The Morgan fingerprint density at radius 1 is 1.04 bits per heavy atom. The fourth-order valence-electron chi connectivity index (χ4n) is 2.23. The van der Waals surface area contributed by atoms with Crippen LogP contribution in [0.25, 0.3) is 0 Å². The number of carbonyl (C=O) groups is 2. The van der Waals surface area contributed by atoms with E-state index < -0.39 is 23.0 Å². The fourth-order valence-corrected chi connectivity index (χ4v) is 2.23. The Balaban J connectivity index is 1.97. The second-order valence-electron chi connectivity index (χ2n) is 6.31. The van der Waals surface area contributed by atoms with Crippen molar-refractivity contribution < 1.29 is 18.7 Å². The Hall–Kier alpha value is -2.89. The van der Waals surface area contributed by atoms with Crippen molar-refractivity contribution in [2.75, 3.05) is 11.9 Å². The standard InChI is InChI=1S/C20H23FN2O3/c1-4-26-16-11-9-15(10-12-16)23-19(25)20(2,3)18(24)22-13-14-7-5-6-8-17(14)21/h5-12H,4,13H2,1-3H3,(H,22,24)(H,23,25). The molecule has 0 atom stereocenters. The van der Waals surface area contributed by atoms with Gasteiger partial charge >= 0.3 is 0 Å². The SMILES string of the molecule is CCOc1ccc(NC(=O)C(C)(C)C(=O)NCc2ccccc2F)cc1. The first-order valence-corrected chi connectivity index (χ1v) is 8.40. The minimum Gasteiger partial charge on any atom is -0.494 e. The Kier molecular flexibility index (Phi) is 6.33. The Morgan fingerprint density at radius 3 is 2.31 bits per heavy atom. The van der Waals surface area contributed by atoms with Crippen LogP contribution in [0.3, 0.4) is 0 Å². The number of anilines is 1. The third-order valence-corrected chi connectivity index (χ3v) is 3.96. The van der Waals surface area contributed by atoms with Gasteiger partial charge in [0.05, 0.1) is 6.61 Å². The summed E-state index contributed by atoms with van der Waals surface area (Å²) in [7, 11) is 0. The highest BCUT2D eigenvalue weighted by molar-refractivity contribution is 6.09. The molecule has 2 aromatic carbocycles. The van der Waals surface area contributed by atoms with Gasteiger partial charge in [-0.1, -0.05) is 18.2 Å². The molecule has 0 bridgehead atoms. The highest BCUT2D eigenvalue weighted by atomic mass is 19.1. The topological polar surface area (TPSA) is 67.4 Å². The van der Waals surface area contributed by atoms with Crippen LogP contribution in [-0.2, 0) is 16.1 Å². The molecule has 0 aliphatic rings. The maximum Gasteiger partial charge on any atom is 0.239 e. The summed E-state index contributed by atoms with van der Waals surface area (Å²) in [6, 6.07) is 13.1. The van der Waals surface area contributed by atoms with Gasteiger partial charge in [-0.25, -0.2) is 4.39 Å². The third kappa shape index (κ3) is 4.81. The first-order valence-electron chi connectivity index (χ1n) is 8.40. The number of hydrogen-bond donors (Lipinski definition) is 2. The number of carbonyl (C=O) groups excluding carboxylic acids is 2. The van der Waals surface area contributed by atoms with Gasteiger partial charge in [-0.05, 0) is 51.1 Å². The van der Waals surface area contributed by atoms with Crippen molar-refractivity contribution in [1.82, 2.24) is 5.32 Å². The zero-order valence-electron chi connectivity index (χ0n) is 15.1. The van der Waals surface area contributed by atoms with Crippen LogP contribution in [0, 0.1) is 11.2 Å².